The summed E-state index contributed by atoms with van der Waals surface area (Å²) in [5.74, 6) is 0.816. The second-order valence-electron chi connectivity index (χ2n) is 5.75. The molecule has 88 valence electrons. The molecule has 0 aromatic heterocycles. The fraction of sp³-hybridized carbons (Fsp3) is 0.917. The summed E-state index contributed by atoms with van der Waals surface area (Å²) >= 11 is 0. The van der Waals surface area contributed by atoms with Crippen LogP contribution in [0.15, 0.2) is 0 Å². The van der Waals surface area contributed by atoms with Gasteiger partial charge in [-0.25, -0.2) is 0 Å². The molecular formula is C12H24N2O. The maximum atomic E-state index is 11.6. The number of amides is 1. The molecule has 1 heterocycles. The molecule has 0 aromatic rings. The lowest BCUT2D eigenvalue weighted by molar-refractivity contribution is -0.123. The van der Waals surface area contributed by atoms with Crippen molar-refractivity contribution < 1.29 is 4.79 Å². The zero-order valence-electron chi connectivity index (χ0n) is 10.2. The molecule has 1 rings (SSSR count). The summed E-state index contributed by atoms with van der Waals surface area (Å²) in [6.45, 7) is 9.29. The Hall–Kier alpha value is -0.570. The van der Waals surface area contributed by atoms with Crippen molar-refractivity contribution in [2.75, 3.05) is 19.6 Å². The molecule has 0 saturated carbocycles. The van der Waals surface area contributed by atoms with Gasteiger partial charge in [0.1, 0.15) is 0 Å². The van der Waals surface area contributed by atoms with E-state index in [1.807, 2.05) is 0 Å². The van der Waals surface area contributed by atoms with E-state index in [1.165, 1.54) is 12.8 Å². The molecular weight excluding hydrogens is 188 g/mol. The van der Waals surface area contributed by atoms with Crippen molar-refractivity contribution in [3.05, 3.63) is 0 Å². The number of carbonyl (C=O) groups is 1. The van der Waals surface area contributed by atoms with Crippen LogP contribution in [-0.2, 0) is 4.79 Å². The average molecular weight is 212 g/mol. The minimum atomic E-state index is 0.0922. The molecule has 0 bridgehead atoms. The van der Waals surface area contributed by atoms with Crippen molar-refractivity contribution in [2.24, 2.45) is 11.3 Å². The number of carbonyl (C=O) groups excluding carboxylic acids is 1. The summed E-state index contributed by atoms with van der Waals surface area (Å²) in [5.41, 5.74) is 0.0922. The molecule has 1 atom stereocenters. The Labute approximate surface area is 93.0 Å². The van der Waals surface area contributed by atoms with Gasteiger partial charge in [-0.15, -0.1) is 0 Å². The summed E-state index contributed by atoms with van der Waals surface area (Å²) in [6.07, 6.45) is 3.09. The third kappa shape index (κ3) is 5.78. The molecule has 1 amide bonds. The first-order valence-electron chi connectivity index (χ1n) is 5.95. The third-order valence-electron chi connectivity index (χ3n) is 2.68. The SMILES string of the molecule is CC(C)(C)CC(=O)NCC1CCCNC1. The predicted molar refractivity (Wildman–Crippen MR) is 62.7 cm³/mol. The number of hydrogen-bond donors (Lipinski definition) is 2. The number of hydrogen-bond acceptors (Lipinski definition) is 2. The molecule has 0 spiro atoms. The quantitative estimate of drug-likeness (QED) is 0.745. The maximum Gasteiger partial charge on any atom is 0.220 e. The molecule has 0 aliphatic carbocycles. The fourth-order valence-electron chi connectivity index (χ4n) is 1.90. The molecule has 1 saturated heterocycles. The van der Waals surface area contributed by atoms with E-state index in [0.717, 1.165) is 19.6 Å². The summed E-state index contributed by atoms with van der Waals surface area (Å²) in [7, 11) is 0. The van der Waals surface area contributed by atoms with Crippen LogP contribution in [0.5, 0.6) is 0 Å². The highest BCUT2D eigenvalue weighted by Crippen LogP contribution is 2.18. The second kappa shape index (κ2) is 5.50. The highest BCUT2D eigenvalue weighted by Gasteiger charge is 2.18. The van der Waals surface area contributed by atoms with E-state index in [-0.39, 0.29) is 11.3 Å². The van der Waals surface area contributed by atoms with Crippen LogP contribution < -0.4 is 10.6 Å². The third-order valence-corrected chi connectivity index (χ3v) is 2.68. The molecule has 15 heavy (non-hydrogen) atoms. The topological polar surface area (TPSA) is 41.1 Å². The van der Waals surface area contributed by atoms with Gasteiger partial charge in [-0.3, -0.25) is 4.79 Å². The first-order valence-corrected chi connectivity index (χ1v) is 5.95. The number of rotatable bonds is 3. The number of piperidine rings is 1. The Balaban J connectivity index is 2.15. The Kier molecular flexibility index (Phi) is 4.58. The summed E-state index contributed by atoms with van der Waals surface area (Å²) in [6, 6.07) is 0. The van der Waals surface area contributed by atoms with Crippen molar-refractivity contribution >= 4 is 5.91 Å². The largest absolute Gasteiger partial charge is 0.356 e. The van der Waals surface area contributed by atoms with Crippen LogP contribution in [0.3, 0.4) is 0 Å². The van der Waals surface area contributed by atoms with Crippen molar-refractivity contribution in [3.63, 3.8) is 0 Å². The molecule has 0 radical (unpaired) electrons. The fourth-order valence-corrected chi connectivity index (χ4v) is 1.90. The molecule has 3 heteroatoms. The van der Waals surface area contributed by atoms with Gasteiger partial charge in [0.05, 0.1) is 0 Å². The van der Waals surface area contributed by atoms with Crippen LogP contribution in [0, 0.1) is 11.3 Å². The Morgan fingerprint density at radius 3 is 2.73 bits per heavy atom. The van der Waals surface area contributed by atoms with E-state index in [1.54, 1.807) is 0 Å². The molecule has 0 aromatic carbocycles. The van der Waals surface area contributed by atoms with E-state index >= 15 is 0 Å². The highest BCUT2D eigenvalue weighted by atomic mass is 16.1. The maximum absolute atomic E-state index is 11.6. The van der Waals surface area contributed by atoms with E-state index in [2.05, 4.69) is 31.4 Å². The van der Waals surface area contributed by atoms with E-state index < -0.39 is 0 Å². The highest BCUT2D eigenvalue weighted by molar-refractivity contribution is 5.76. The Bertz CT molecular complexity index is 202. The van der Waals surface area contributed by atoms with Crippen molar-refractivity contribution in [1.29, 1.82) is 0 Å². The summed E-state index contributed by atoms with van der Waals surface area (Å²) < 4.78 is 0. The van der Waals surface area contributed by atoms with Crippen LogP contribution in [0.1, 0.15) is 40.0 Å². The van der Waals surface area contributed by atoms with Gasteiger partial charge in [0.15, 0.2) is 0 Å². The number of nitrogens with one attached hydrogen (secondary N) is 2. The van der Waals surface area contributed by atoms with E-state index in [0.29, 0.717) is 12.3 Å². The smallest absolute Gasteiger partial charge is 0.220 e. The summed E-state index contributed by atoms with van der Waals surface area (Å²) in [5, 5.41) is 6.39. The molecule has 1 unspecified atom stereocenters. The molecule has 1 fully saturated rings. The molecule has 3 nitrogen and oxygen atoms in total. The molecule has 2 N–H and O–H groups in total. The first kappa shape index (κ1) is 12.5. The van der Waals surface area contributed by atoms with Crippen molar-refractivity contribution in [3.8, 4) is 0 Å². The van der Waals surface area contributed by atoms with Crippen molar-refractivity contribution in [2.45, 2.75) is 40.0 Å². The molecule has 1 aliphatic heterocycles. The van der Waals surface area contributed by atoms with Gasteiger partial charge in [-0.1, -0.05) is 20.8 Å². The van der Waals surface area contributed by atoms with Gasteiger partial charge in [0.2, 0.25) is 5.91 Å². The predicted octanol–water partition coefficient (Wildman–Crippen LogP) is 1.54. The monoisotopic (exact) mass is 212 g/mol. The van der Waals surface area contributed by atoms with Gasteiger partial charge in [0, 0.05) is 13.0 Å². The molecule has 1 aliphatic rings. The normalized spacial score (nSPS) is 22.5. The second-order valence-corrected chi connectivity index (χ2v) is 5.75. The van der Waals surface area contributed by atoms with Gasteiger partial charge in [0.25, 0.3) is 0 Å². The Morgan fingerprint density at radius 2 is 2.20 bits per heavy atom. The van der Waals surface area contributed by atoms with Gasteiger partial charge in [-0.2, -0.15) is 0 Å². The van der Waals surface area contributed by atoms with Crippen LogP contribution in [-0.4, -0.2) is 25.5 Å². The van der Waals surface area contributed by atoms with Gasteiger partial charge < -0.3 is 10.6 Å². The lowest BCUT2D eigenvalue weighted by atomic mass is 9.91. The summed E-state index contributed by atoms with van der Waals surface area (Å²) in [4.78, 5) is 11.6. The van der Waals surface area contributed by atoms with E-state index in [9.17, 15) is 4.79 Å². The minimum absolute atomic E-state index is 0.0922. The van der Waals surface area contributed by atoms with Crippen LogP contribution in [0.25, 0.3) is 0 Å². The van der Waals surface area contributed by atoms with Crippen molar-refractivity contribution in [1.82, 2.24) is 10.6 Å². The van der Waals surface area contributed by atoms with Gasteiger partial charge in [-0.05, 0) is 37.3 Å². The Morgan fingerprint density at radius 1 is 1.47 bits per heavy atom. The standard InChI is InChI=1S/C12H24N2O/c1-12(2,3)7-11(15)14-9-10-5-4-6-13-8-10/h10,13H,4-9H2,1-3H3,(H,14,15). The van der Waals surface area contributed by atoms with Crippen LogP contribution in [0.4, 0.5) is 0 Å². The zero-order chi connectivity index (χ0) is 11.3. The van der Waals surface area contributed by atoms with Gasteiger partial charge >= 0.3 is 0 Å². The first-order chi connectivity index (χ1) is 6.97. The van der Waals surface area contributed by atoms with Crippen LogP contribution >= 0.6 is 0 Å². The lowest BCUT2D eigenvalue weighted by Gasteiger charge is -2.24. The van der Waals surface area contributed by atoms with Crippen LogP contribution in [0.2, 0.25) is 0 Å². The minimum Gasteiger partial charge on any atom is -0.356 e. The van der Waals surface area contributed by atoms with E-state index in [4.69, 9.17) is 0 Å². The zero-order valence-corrected chi connectivity index (χ0v) is 10.2. The lowest BCUT2D eigenvalue weighted by Crippen LogP contribution is -2.38. The average Bonchev–Trinajstić information content (AvgIpc) is 2.14.